The molecule has 0 fully saturated rings. The van der Waals surface area contributed by atoms with Crippen molar-refractivity contribution in [3.8, 4) is 6.07 Å². The quantitative estimate of drug-likeness (QED) is 0.909. The fourth-order valence-electron chi connectivity index (χ4n) is 2.25. The summed E-state index contributed by atoms with van der Waals surface area (Å²) in [5.41, 5.74) is 0.471. The molecule has 0 saturated carbocycles. The van der Waals surface area contributed by atoms with Crippen molar-refractivity contribution in [2.24, 2.45) is 5.92 Å². The topological polar surface area (TPSA) is 77.0 Å². The average Bonchev–Trinajstić information content (AvgIpc) is 2.52. The van der Waals surface area contributed by atoms with Crippen LogP contribution in [0.15, 0.2) is 33.7 Å². The number of hydrogen-bond acceptors (Lipinski definition) is 3. The van der Waals surface area contributed by atoms with Crippen molar-refractivity contribution in [2.45, 2.75) is 13.8 Å². The van der Waals surface area contributed by atoms with Crippen LogP contribution in [0.4, 0.5) is 0 Å². The first-order valence-electron chi connectivity index (χ1n) is 6.97. The van der Waals surface area contributed by atoms with Crippen molar-refractivity contribution >= 4 is 32.7 Å². The number of amides is 1. The van der Waals surface area contributed by atoms with Gasteiger partial charge < -0.3 is 9.88 Å². The number of benzene rings is 1. The highest BCUT2D eigenvalue weighted by molar-refractivity contribution is 9.10. The molecule has 5 nitrogen and oxygen atoms in total. The van der Waals surface area contributed by atoms with Gasteiger partial charge in [-0.15, -0.1) is 0 Å². The normalized spacial score (nSPS) is 11.9. The Morgan fingerprint density at radius 1 is 1.50 bits per heavy atom. The van der Waals surface area contributed by atoms with Gasteiger partial charge in [-0.2, -0.15) is 5.26 Å². The summed E-state index contributed by atoms with van der Waals surface area (Å²) in [5.74, 6) is -0.634. The summed E-state index contributed by atoms with van der Waals surface area (Å²) in [6, 6.07) is 7.40. The van der Waals surface area contributed by atoms with E-state index in [1.807, 2.05) is 13.0 Å². The lowest BCUT2D eigenvalue weighted by molar-refractivity contribution is 0.0751. The minimum Gasteiger partial charge on any atom is -0.360 e. The van der Waals surface area contributed by atoms with E-state index in [1.165, 1.54) is 11.1 Å². The Labute approximate surface area is 136 Å². The molecule has 114 valence electrons. The zero-order valence-corrected chi connectivity index (χ0v) is 14.0. The van der Waals surface area contributed by atoms with E-state index in [9.17, 15) is 9.59 Å². The van der Waals surface area contributed by atoms with Gasteiger partial charge in [0.2, 0.25) is 5.43 Å². The zero-order chi connectivity index (χ0) is 16.3. The number of hydrogen-bond donors (Lipinski definition) is 1. The van der Waals surface area contributed by atoms with Crippen molar-refractivity contribution in [1.29, 1.82) is 5.26 Å². The third kappa shape index (κ3) is 3.20. The second kappa shape index (κ2) is 6.75. The highest BCUT2D eigenvalue weighted by Gasteiger charge is 2.20. The van der Waals surface area contributed by atoms with Crippen LogP contribution in [0.3, 0.4) is 0 Å². The van der Waals surface area contributed by atoms with Crippen LogP contribution in [0.5, 0.6) is 0 Å². The number of H-pyrrole nitrogens is 1. The molecule has 0 bridgehead atoms. The molecule has 1 N–H and O–H groups in total. The predicted octanol–water partition coefficient (Wildman–Crippen LogP) is 2.91. The number of carbonyl (C=O) groups is 1. The molecule has 2 aromatic rings. The molecule has 1 aromatic carbocycles. The Bertz CT molecular complexity index is 807. The number of carbonyl (C=O) groups excluding carboxylic acids is 1. The molecular weight excluding hydrogens is 346 g/mol. The molecule has 1 aromatic heterocycles. The molecule has 1 amide bonds. The van der Waals surface area contributed by atoms with E-state index in [4.69, 9.17) is 5.26 Å². The van der Waals surface area contributed by atoms with Gasteiger partial charge in [0.15, 0.2) is 0 Å². The molecule has 0 saturated heterocycles. The highest BCUT2D eigenvalue weighted by atomic mass is 79.9. The van der Waals surface area contributed by atoms with E-state index >= 15 is 0 Å². The van der Waals surface area contributed by atoms with Crippen LogP contribution >= 0.6 is 15.9 Å². The van der Waals surface area contributed by atoms with E-state index < -0.39 is 0 Å². The first-order valence-corrected chi connectivity index (χ1v) is 7.77. The van der Waals surface area contributed by atoms with Crippen molar-refractivity contribution < 1.29 is 4.79 Å². The predicted molar refractivity (Wildman–Crippen MR) is 88.6 cm³/mol. The fourth-order valence-corrected chi connectivity index (χ4v) is 2.61. The van der Waals surface area contributed by atoms with Gasteiger partial charge in [0.1, 0.15) is 5.56 Å². The van der Waals surface area contributed by atoms with Gasteiger partial charge in [-0.3, -0.25) is 9.59 Å². The van der Waals surface area contributed by atoms with Crippen molar-refractivity contribution in [3.63, 3.8) is 0 Å². The zero-order valence-electron chi connectivity index (χ0n) is 12.4. The molecule has 22 heavy (non-hydrogen) atoms. The molecule has 0 radical (unpaired) electrons. The SMILES string of the molecule is CCN(C[C@H](C)C#N)C(=O)c1c[nH]c2ccc(Br)cc2c1=O. The average molecular weight is 362 g/mol. The van der Waals surface area contributed by atoms with E-state index in [0.29, 0.717) is 24.0 Å². The lowest BCUT2D eigenvalue weighted by Gasteiger charge is -2.21. The molecule has 0 aliphatic rings. The second-order valence-electron chi connectivity index (χ2n) is 5.10. The molecule has 0 aliphatic heterocycles. The van der Waals surface area contributed by atoms with E-state index in [2.05, 4.69) is 27.0 Å². The summed E-state index contributed by atoms with van der Waals surface area (Å²) in [5, 5.41) is 9.36. The Hall–Kier alpha value is -2.13. The minimum atomic E-state index is -0.354. The van der Waals surface area contributed by atoms with Crippen LogP contribution in [-0.4, -0.2) is 28.9 Å². The summed E-state index contributed by atoms with van der Waals surface area (Å²) in [6.07, 6.45) is 1.45. The van der Waals surface area contributed by atoms with Crippen LogP contribution in [-0.2, 0) is 0 Å². The Kier molecular flexibility index (Phi) is 4.99. The van der Waals surface area contributed by atoms with Gasteiger partial charge >= 0.3 is 0 Å². The van der Waals surface area contributed by atoms with Crippen LogP contribution in [0, 0.1) is 17.2 Å². The maximum absolute atomic E-state index is 12.6. The molecule has 0 aliphatic carbocycles. The lowest BCUT2D eigenvalue weighted by atomic mass is 10.1. The Balaban J connectivity index is 2.45. The van der Waals surface area contributed by atoms with Gasteiger partial charge in [0.05, 0.1) is 12.0 Å². The van der Waals surface area contributed by atoms with E-state index in [-0.39, 0.29) is 22.8 Å². The Morgan fingerprint density at radius 2 is 2.23 bits per heavy atom. The van der Waals surface area contributed by atoms with Gasteiger partial charge in [-0.1, -0.05) is 15.9 Å². The number of fused-ring (bicyclic) bond motifs is 1. The van der Waals surface area contributed by atoms with E-state index in [1.54, 1.807) is 19.1 Å². The van der Waals surface area contributed by atoms with Crippen molar-refractivity contribution in [2.75, 3.05) is 13.1 Å². The summed E-state index contributed by atoms with van der Waals surface area (Å²) in [4.78, 5) is 29.6. The first-order chi connectivity index (χ1) is 10.5. The number of nitrogens with zero attached hydrogens (tertiary/aromatic N) is 2. The third-order valence-corrected chi connectivity index (χ3v) is 3.95. The summed E-state index contributed by atoms with van der Waals surface area (Å²) in [6.45, 7) is 4.33. The van der Waals surface area contributed by atoms with Gasteiger partial charge in [-0.05, 0) is 32.0 Å². The number of nitriles is 1. The third-order valence-electron chi connectivity index (χ3n) is 3.46. The summed E-state index contributed by atoms with van der Waals surface area (Å²) < 4.78 is 0.778. The number of nitrogens with one attached hydrogen (secondary N) is 1. The highest BCUT2D eigenvalue weighted by Crippen LogP contribution is 2.16. The van der Waals surface area contributed by atoms with Gasteiger partial charge in [-0.25, -0.2) is 0 Å². The summed E-state index contributed by atoms with van der Waals surface area (Å²) >= 11 is 3.33. The van der Waals surface area contributed by atoms with E-state index in [0.717, 1.165) is 4.47 Å². The second-order valence-corrected chi connectivity index (χ2v) is 6.01. The largest absolute Gasteiger partial charge is 0.360 e. The molecule has 0 spiro atoms. The number of aromatic amines is 1. The van der Waals surface area contributed by atoms with Crippen molar-refractivity contribution in [1.82, 2.24) is 9.88 Å². The minimum absolute atomic E-state index is 0.0950. The molecule has 1 heterocycles. The van der Waals surface area contributed by atoms with Crippen LogP contribution in [0.25, 0.3) is 10.9 Å². The number of rotatable bonds is 4. The van der Waals surface area contributed by atoms with Gasteiger partial charge in [0, 0.05) is 34.7 Å². The number of halogens is 1. The standard InChI is InChI=1S/C16H16BrN3O2/c1-3-20(9-10(2)7-18)16(22)13-8-19-14-5-4-11(17)6-12(14)15(13)21/h4-6,8,10H,3,9H2,1-2H3,(H,19,21)/t10-/m1/s1. The van der Waals surface area contributed by atoms with Crippen molar-refractivity contribution in [3.05, 3.63) is 44.7 Å². The number of pyridine rings is 1. The molecular formula is C16H16BrN3O2. The van der Waals surface area contributed by atoms with Crippen LogP contribution in [0.2, 0.25) is 0 Å². The first kappa shape index (κ1) is 16.2. The Morgan fingerprint density at radius 3 is 2.86 bits per heavy atom. The van der Waals surface area contributed by atoms with Crippen LogP contribution in [0.1, 0.15) is 24.2 Å². The fraction of sp³-hybridized carbons (Fsp3) is 0.312. The molecule has 0 unspecified atom stereocenters. The number of aromatic nitrogens is 1. The molecule has 2 rings (SSSR count). The molecule has 1 atom stereocenters. The van der Waals surface area contributed by atoms with Gasteiger partial charge in [0.25, 0.3) is 5.91 Å². The molecule has 6 heteroatoms. The lowest BCUT2D eigenvalue weighted by Crippen LogP contribution is -2.37. The summed E-state index contributed by atoms with van der Waals surface area (Å²) in [7, 11) is 0. The maximum Gasteiger partial charge on any atom is 0.259 e. The smallest absolute Gasteiger partial charge is 0.259 e. The van der Waals surface area contributed by atoms with Crippen LogP contribution < -0.4 is 5.43 Å². The monoisotopic (exact) mass is 361 g/mol. The maximum atomic E-state index is 12.6.